The third-order valence-corrected chi connectivity index (χ3v) is 2.38. The van der Waals surface area contributed by atoms with Gasteiger partial charge in [-0.1, -0.05) is 0 Å². The van der Waals surface area contributed by atoms with E-state index in [1.807, 2.05) is 6.92 Å². The van der Waals surface area contributed by atoms with Gasteiger partial charge in [-0.25, -0.2) is 0 Å². The van der Waals surface area contributed by atoms with Crippen LogP contribution < -0.4 is 4.74 Å². The molecule has 80 valence electrons. The lowest BCUT2D eigenvalue weighted by Gasteiger charge is -2.19. The van der Waals surface area contributed by atoms with Gasteiger partial charge in [0, 0.05) is 5.56 Å². The quantitative estimate of drug-likeness (QED) is 0.693. The number of rotatable bonds is 1. The lowest BCUT2D eigenvalue weighted by atomic mass is 10.0. The van der Waals surface area contributed by atoms with Gasteiger partial charge in [0.05, 0.1) is 12.9 Å². The Bertz CT molecular complexity index is 435. The number of phenolic OH excluding ortho intramolecular Hbond substituents is 2. The third-order valence-electron chi connectivity index (χ3n) is 2.38. The molecule has 0 unspecified atom stereocenters. The van der Waals surface area contributed by atoms with Crippen molar-refractivity contribution in [1.82, 2.24) is 0 Å². The zero-order chi connectivity index (χ0) is 11.0. The van der Waals surface area contributed by atoms with E-state index in [0.717, 1.165) is 16.9 Å². The zero-order valence-corrected chi connectivity index (χ0v) is 8.57. The molecule has 0 atom stereocenters. The molecule has 0 bridgehead atoms. The number of hydrogen-bond donors (Lipinski definition) is 2. The molecule has 0 radical (unpaired) electrons. The summed E-state index contributed by atoms with van der Waals surface area (Å²) >= 11 is 0. The van der Waals surface area contributed by atoms with Crippen molar-refractivity contribution >= 4 is 6.08 Å². The van der Waals surface area contributed by atoms with Crippen molar-refractivity contribution in [3.8, 4) is 17.2 Å². The number of fused-ring (bicyclic) bond motifs is 1. The molecule has 0 aliphatic carbocycles. The predicted octanol–water partition coefficient (Wildman–Crippen LogP) is 2.00. The molecule has 0 saturated heterocycles. The summed E-state index contributed by atoms with van der Waals surface area (Å²) < 4.78 is 10.4. The summed E-state index contributed by atoms with van der Waals surface area (Å²) in [6.45, 7) is 2.17. The van der Waals surface area contributed by atoms with E-state index in [1.54, 1.807) is 6.08 Å². The van der Waals surface area contributed by atoms with Gasteiger partial charge in [0.15, 0.2) is 11.5 Å². The highest BCUT2D eigenvalue weighted by molar-refractivity contribution is 5.68. The number of aromatic hydroxyl groups is 2. The summed E-state index contributed by atoms with van der Waals surface area (Å²) in [6, 6.07) is 1.50. The second-order valence-corrected chi connectivity index (χ2v) is 3.39. The first-order chi connectivity index (χ1) is 7.13. The third kappa shape index (κ3) is 1.48. The Morgan fingerprint density at radius 3 is 2.80 bits per heavy atom. The van der Waals surface area contributed by atoms with Crippen LogP contribution in [0.4, 0.5) is 0 Å². The first-order valence-electron chi connectivity index (χ1n) is 4.56. The molecule has 0 aromatic heterocycles. The van der Waals surface area contributed by atoms with Crippen molar-refractivity contribution < 1.29 is 19.7 Å². The minimum absolute atomic E-state index is 0.184. The second-order valence-electron chi connectivity index (χ2n) is 3.39. The summed E-state index contributed by atoms with van der Waals surface area (Å²) in [6.07, 6.45) is 1.79. The Balaban J connectivity index is 2.66. The maximum atomic E-state index is 9.57. The molecule has 0 amide bonds. The second kappa shape index (κ2) is 3.38. The van der Waals surface area contributed by atoms with Crippen molar-refractivity contribution in [2.24, 2.45) is 0 Å². The fourth-order valence-corrected chi connectivity index (χ4v) is 1.64. The summed E-state index contributed by atoms with van der Waals surface area (Å²) in [7, 11) is 1.44. The van der Waals surface area contributed by atoms with E-state index >= 15 is 0 Å². The number of phenols is 2. The van der Waals surface area contributed by atoms with Crippen LogP contribution in [0.3, 0.4) is 0 Å². The number of allylic oxidation sites excluding steroid dienone is 1. The van der Waals surface area contributed by atoms with E-state index < -0.39 is 0 Å². The van der Waals surface area contributed by atoms with Gasteiger partial charge in [-0.05, 0) is 24.6 Å². The van der Waals surface area contributed by atoms with Crippen LogP contribution in [-0.2, 0) is 11.3 Å². The van der Waals surface area contributed by atoms with Gasteiger partial charge in [-0.3, -0.25) is 0 Å². The van der Waals surface area contributed by atoms with Crippen molar-refractivity contribution in [3.63, 3.8) is 0 Å². The van der Waals surface area contributed by atoms with Crippen LogP contribution in [0.5, 0.6) is 17.2 Å². The van der Waals surface area contributed by atoms with Crippen LogP contribution in [0, 0.1) is 0 Å². The summed E-state index contributed by atoms with van der Waals surface area (Å²) in [5, 5.41) is 19.0. The number of ether oxygens (including phenoxy) is 2. The molecular weight excluding hydrogens is 196 g/mol. The molecular formula is C11H12O4. The Morgan fingerprint density at radius 1 is 1.40 bits per heavy atom. The lowest BCUT2D eigenvalue weighted by molar-refractivity contribution is 0.194. The minimum Gasteiger partial charge on any atom is -0.504 e. The molecule has 15 heavy (non-hydrogen) atoms. The van der Waals surface area contributed by atoms with Crippen LogP contribution in [-0.4, -0.2) is 17.3 Å². The highest BCUT2D eigenvalue weighted by Gasteiger charge is 2.20. The van der Waals surface area contributed by atoms with Crippen molar-refractivity contribution in [1.29, 1.82) is 0 Å². The Kier molecular flexibility index (Phi) is 2.19. The van der Waals surface area contributed by atoms with E-state index in [4.69, 9.17) is 9.47 Å². The average Bonchev–Trinajstić information content (AvgIpc) is 2.20. The molecule has 4 nitrogen and oxygen atoms in total. The summed E-state index contributed by atoms with van der Waals surface area (Å²) in [5.74, 6) is 0.618. The molecule has 0 spiro atoms. The Labute approximate surface area is 87.4 Å². The van der Waals surface area contributed by atoms with E-state index in [-0.39, 0.29) is 17.2 Å². The average molecular weight is 208 g/mol. The van der Waals surface area contributed by atoms with Crippen molar-refractivity contribution in [2.45, 2.75) is 13.5 Å². The SMILES string of the molecule is COc1c(O)c(O)cc2c1COC(C)=C2. The van der Waals surface area contributed by atoms with Gasteiger partial charge in [-0.2, -0.15) is 0 Å². The van der Waals surface area contributed by atoms with Gasteiger partial charge in [-0.15, -0.1) is 0 Å². The summed E-state index contributed by atoms with van der Waals surface area (Å²) in [5.41, 5.74) is 1.56. The monoisotopic (exact) mass is 208 g/mol. The molecule has 1 aliphatic heterocycles. The van der Waals surface area contributed by atoms with Crippen LogP contribution >= 0.6 is 0 Å². The maximum absolute atomic E-state index is 9.57. The highest BCUT2D eigenvalue weighted by Crippen LogP contribution is 2.42. The van der Waals surface area contributed by atoms with Crippen LogP contribution in [0.2, 0.25) is 0 Å². The maximum Gasteiger partial charge on any atom is 0.200 e. The number of benzene rings is 1. The molecule has 2 N–H and O–H groups in total. The first-order valence-corrected chi connectivity index (χ1v) is 4.56. The predicted molar refractivity (Wildman–Crippen MR) is 54.8 cm³/mol. The molecule has 1 aromatic rings. The highest BCUT2D eigenvalue weighted by atomic mass is 16.5. The largest absolute Gasteiger partial charge is 0.504 e. The topological polar surface area (TPSA) is 58.9 Å². The van der Waals surface area contributed by atoms with Gasteiger partial charge in [0.1, 0.15) is 6.61 Å². The molecule has 1 aromatic carbocycles. The van der Waals surface area contributed by atoms with Gasteiger partial charge in [0.25, 0.3) is 0 Å². The van der Waals surface area contributed by atoms with E-state index in [1.165, 1.54) is 13.2 Å². The van der Waals surface area contributed by atoms with E-state index in [2.05, 4.69) is 0 Å². The molecule has 0 fully saturated rings. The van der Waals surface area contributed by atoms with Gasteiger partial charge < -0.3 is 19.7 Å². The van der Waals surface area contributed by atoms with E-state index in [0.29, 0.717) is 6.61 Å². The Morgan fingerprint density at radius 2 is 2.13 bits per heavy atom. The van der Waals surface area contributed by atoms with Gasteiger partial charge >= 0.3 is 0 Å². The van der Waals surface area contributed by atoms with Crippen LogP contribution in [0.25, 0.3) is 6.08 Å². The van der Waals surface area contributed by atoms with Crippen molar-refractivity contribution in [2.75, 3.05) is 7.11 Å². The van der Waals surface area contributed by atoms with E-state index in [9.17, 15) is 10.2 Å². The molecule has 1 heterocycles. The lowest BCUT2D eigenvalue weighted by Crippen LogP contribution is -2.03. The smallest absolute Gasteiger partial charge is 0.200 e. The normalized spacial score (nSPS) is 13.9. The minimum atomic E-state index is -0.243. The van der Waals surface area contributed by atoms with Gasteiger partial charge in [0.2, 0.25) is 5.75 Å². The number of hydrogen-bond acceptors (Lipinski definition) is 4. The summed E-state index contributed by atoms with van der Waals surface area (Å²) in [4.78, 5) is 0. The zero-order valence-electron chi connectivity index (χ0n) is 8.57. The Hall–Kier alpha value is -1.84. The van der Waals surface area contributed by atoms with Crippen LogP contribution in [0.15, 0.2) is 11.8 Å². The first kappa shape index (κ1) is 9.71. The fraction of sp³-hybridized carbons (Fsp3) is 0.273. The van der Waals surface area contributed by atoms with Crippen LogP contribution in [0.1, 0.15) is 18.1 Å². The van der Waals surface area contributed by atoms with Crippen molar-refractivity contribution in [3.05, 3.63) is 23.0 Å². The molecule has 4 heteroatoms. The molecule has 2 rings (SSSR count). The molecule has 0 saturated carbocycles. The fourth-order valence-electron chi connectivity index (χ4n) is 1.64. The molecule has 1 aliphatic rings. The standard InChI is InChI=1S/C11H12O4/c1-6-3-7-4-9(12)10(13)11(14-2)8(7)5-15-6/h3-4,12-13H,5H2,1-2H3. The number of methoxy groups -OCH3 is 1.